The van der Waals surface area contributed by atoms with Crippen LogP contribution in [0.4, 0.5) is 11.4 Å². The Morgan fingerprint density at radius 2 is 1.73 bits per heavy atom. The van der Waals surface area contributed by atoms with Crippen molar-refractivity contribution in [3.05, 3.63) is 24.3 Å². The van der Waals surface area contributed by atoms with Gasteiger partial charge in [-0.25, -0.2) is 0 Å². The van der Waals surface area contributed by atoms with E-state index in [0.29, 0.717) is 11.4 Å². The number of nitrogens with two attached hydrogens (primary N) is 1. The van der Waals surface area contributed by atoms with Crippen molar-refractivity contribution in [1.29, 1.82) is 0 Å². The van der Waals surface area contributed by atoms with Gasteiger partial charge in [0.2, 0.25) is 11.8 Å². The molecule has 0 saturated heterocycles. The van der Waals surface area contributed by atoms with E-state index in [-0.39, 0.29) is 30.1 Å². The van der Waals surface area contributed by atoms with Crippen molar-refractivity contribution >= 4 is 35.6 Å². The fraction of sp³-hybridized carbons (Fsp3) is 0.500. The van der Waals surface area contributed by atoms with E-state index in [9.17, 15) is 9.59 Å². The van der Waals surface area contributed by atoms with E-state index in [1.54, 1.807) is 25.1 Å². The molecule has 4 N–H and O–H groups in total. The van der Waals surface area contributed by atoms with Gasteiger partial charge in [-0.1, -0.05) is 25.3 Å². The van der Waals surface area contributed by atoms with E-state index in [4.69, 9.17) is 5.73 Å². The van der Waals surface area contributed by atoms with Crippen LogP contribution in [0.25, 0.3) is 0 Å². The summed E-state index contributed by atoms with van der Waals surface area (Å²) in [4.78, 5) is 23.8. The zero-order valence-corrected chi connectivity index (χ0v) is 13.6. The highest BCUT2D eigenvalue weighted by Gasteiger charge is 2.21. The smallest absolute Gasteiger partial charge is 0.240 e. The van der Waals surface area contributed by atoms with E-state index in [0.717, 1.165) is 25.7 Å². The number of halogens is 1. The molecule has 1 saturated carbocycles. The molecule has 0 unspecified atom stereocenters. The molecule has 1 aliphatic rings. The molecule has 1 aliphatic carbocycles. The molecule has 1 atom stereocenters. The Kier molecular flexibility index (Phi) is 7.35. The molecule has 22 heavy (non-hydrogen) atoms. The van der Waals surface area contributed by atoms with Crippen LogP contribution in [0.1, 0.15) is 39.0 Å². The maximum Gasteiger partial charge on any atom is 0.240 e. The fourth-order valence-electron chi connectivity index (χ4n) is 2.54. The highest BCUT2D eigenvalue weighted by molar-refractivity contribution is 5.96. The summed E-state index contributed by atoms with van der Waals surface area (Å²) < 4.78 is 0. The molecule has 0 bridgehead atoms. The van der Waals surface area contributed by atoms with Crippen molar-refractivity contribution in [3.8, 4) is 0 Å². The number of benzene rings is 1. The predicted octanol–water partition coefficient (Wildman–Crippen LogP) is 2.91. The van der Waals surface area contributed by atoms with Gasteiger partial charge in [-0.05, 0) is 38.0 Å². The van der Waals surface area contributed by atoms with Gasteiger partial charge in [-0.2, -0.15) is 0 Å². The lowest BCUT2D eigenvalue weighted by Gasteiger charge is -2.21. The number of nitrogens with one attached hydrogen (secondary N) is 2. The van der Waals surface area contributed by atoms with Crippen molar-refractivity contribution in [2.24, 2.45) is 11.7 Å². The van der Waals surface area contributed by atoms with Crippen LogP contribution in [-0.4, -0.2) is 17.9 Å². The first kappa shape index (κ1) is 18.5. The van der Waals surface area contributed by atoms with E-state index < -0.39 is 6.04 Å². The first-order valence-electron chi connectivity index (χ1n) is 7.53. The maximum atomic E-state index is 12.2. The largest absolute Gasteiger partial charge is 0.326 e. The zero-order chi connectivity index (χ0) is 15.2. The minimum Gasteiger partial charge on any atom is -0.326 e. The molecule has 0 aromatic heterocycles. The molecular weight excluding hydrogens is 302 g/mol. The second kappa shape index (κ2) is 8.76. The lowest BCUT2D eigenvalue weighted by atomic mass is 9.88. The number of rotatable bonds is 4. The van der Waals surface area contributed by atoms with E-state index in [1.165, 1.54) is 6.42 Å². The SMILES string of the molecule is C[C@H](N)C(=O)Nc1cccc(NC(=O)C2CCCCC2)c1.Cl. The molecule has 1 aromatic carbocycles. The van der Waals surface area contributed by atoms with Gasteiger partial charge in [0.05, 0.1) is 6.04 Å². The average molecular weight is 326 g/mol. The predicted molar refractivity (Wildman–Crippen MR) is 91.2 cm³/mol. The van der Waals surface area contributed by atoms with Gasteiger partial charge in [0.1, 0.15) is 0 Å². The molecule has 0 spiro atoms. The van der Waals surface area contributed by atoms with Gasteiger partial charge in [0.25, 0.3) is 0 Å². The number of anilines is 2. The normalized spacial score (nSPS) is 16.3. The van der Waals surface area contributed by atoms with Crippen LogP contribution in [0.15, 0.2) is 24.3 Å². The summed E-state index contributed by atoms with van der Waals surface area (Å²) in [6.45, 7) is 1.63. The quantitative estimate of drug-likeness (QED) is 0.795. The van der Waals surface area contributed by atoms with Crippen LogP contribution < -0.4 is 16.4 Å². The maximum absolute atomic E-state index is 12.2. The summed E-state index contributed by atoms with van der Waals surface area (Å²) in [7, 11) is 0. The van der Waals surface area contributed by atoms with Crippen LogP contribution in [-0.2, 0) is 9.59 Å². The van der Waals surface area contributed by atoms with Gasteiger partial charge < -0.3 is 16.4 Å². The minimum absolute atomic E-state index is 0. The Morgan fingerprint density at radius 1 is 1.14 bits per heavy atom. The van der Waals surface area contributed by atoms with E-state index >= 15 is 0 Å². The third-order valence-electron chi connectivity index (χ3n) is 3.79. The summed E-state index contributed by atoms with van der Waals surface area (Å²) in [6.07, 6.45) is 5.41. The van der Waals surface area contributed by atoms with Crippen LogP contribution in [0.5, 0.6) is 0 Å². The van der Waals surface area contributed by atoms with Gasteiger partial charge in [0.15, 0.2) is 0 Å². The summed E-state index contributed by atoms with van der Waals surface area (Å²) in [5, 5.41) is 5.65. The van der Waals surface area contributed by atoms with Gasteiger partial charge in [-0.15, -0.1) is 12.4 Å². The molecule has 0 heterocycles. The first-order valence-corrected chi connectivity index (χ1v) is 7.53. The van der Waals surface area contributed by atoms with Crippen molar-refractivity contribution in [2.75, 3.05) is 10.6 Å². The van der Waals surface area contributed by atoms with Gasteiger partial charge >= 0.3 is 0 Å². The molecule has 122 valence electrons. The minimum atomic E-state index is -0.564. The average Bonchev–Trinajstić information content (AvgIpc) is 2.48. The van der Waals surface area contributed by atoms with Crippen molar-refractivity contribution < 1.29 is 9.59 Å². The van der Waals surface area contributed by atoms with Crippen molar-refractivity contribution in [3.63, 3.8) is 0 Å². The zero-order valence-electron chi connectivity index (χ0n) is 12.8. The molecule has 0 radical (unpaired) electrons. The lowest BCUT2D eigenvalue weighted by molar-refractivity contribution is -0.120. The second-order valence-electron chi connectivity index (χ2n) is 5.68. The molecule has 1 aromatic rings. The number of carbonyl (C=O) groups is 2. The summed E-state index contributed by atoms with van der Waals surface area (Å²) >= 11 is 0. The Hall–Kier alpha value is -1.59. The van der Waals surface area contributed by atoms with Crippen LogP contribution in [0, 0.1) is 5.92 Å². The highest BCUT2D eigenvalue weighted by atomic mass is 35.5. The molecule has 2 rings (SSSR count). The van der Waals surface area contributed by atoms with Gasteiger partial charge in [-0.3, -0.25) is 9.59 Å². The number of carbonyl (C=O) groups excluding carboxylic acids is 2. The highest BCUT2D eigenvalue weighted by Crippen LogP contribution is 2.25. The number of hydrogen-bond acceptors (Lipinski definition) is 3. The summed E-state index contributed by atoms with van der Waals surface area (Å²) in [6, 6.07) is 6.58. The van der Waals surface area contributed by atoms with Crippen molar-refractivity contribution in [1.82, 2.24) is 0 Å². The van der Waals surface area contributed by atoms with Crippen molar-refractivity contribution in [2.45, 2.75) is 45.1 Å². The van der Waals surface area contributed by atoms with Crippen LogP contribution in [0.2, 0.25) is 0 Å². The van der Waals surface area contributed by atoms with E-state index in [2.05, 4.69) is 10.6 Å². The molecule has 2 amide bonds. The standard InChI is InChI=1S/C16H23N3O2.ClH/c1-11(17)15(20)18-13-8-5-9-14(10-13)19-16(21)12-6-3-2-4-7-12;/h5,8-12H,2-4,6-7,17H2,1H3,(H,18,20)(H,19,21);1H/t11-;/m0./s1. The third kappa shape index (κ3) is 5.31. The molecular formula is C16H24ClN3O2. The Labute approximate surface area is 137 Å². The fourth-order valence-corrected chi connectivity index (χ4v) is 2.54. The first-order chi connectivity index (χ1) is 10.1. The second-order valence-corrected chi connectivity index (χ2v) is 5.68. The number of amides is 2. The number of hydrogen-bond donors (Lipinski definition) is 3. The van der Waals surface area contributed by atoms with E-state index in [1.807, 2.05) is 6.07 Å². The summed E-state index contributed by atoms with van der Waals surface area (Å²) in [5.41, 5.74) is 6.86. The lowest BCUT2D eigenvalue weighted by Crippen LogP contribution is -2.32. The monoisotopic (exact) mass is 325 g/mol. The molecule has 0 aliphatic heterocycles. The van der Waals surface area contributed by atoms with Crippen LogP contribution >= 0.6 is 12.4 Å². The Balaban J connectivity index is 0.00000242. The Morgan fingerprint density at radius 3 is 2.32 bits per heavy atom. The molecule has 5 nitrogen and oxygen atoms in total. The Bertz CT molecular complexity index is 514. The molecule has 6 heteroatoms. The molecule has 1 fully saturated rings. The topological polar surface area (TPSA) is 84.2 Å². The van der Waals surface area contributed by atoms with Crippen LogP contribution in [0.3, 0.4) is 0 Å². The third-order valence-corrected chi connectivity index (χ3v) is 3.79. The van der Waals surface area contributed by atoms with Gasteiger partial charge in [0, 0.05) is 17.3 Å². The summed E-state index contributed by atoms with van der Waals surface area (Å²) in [5.74, 6) is -0.0582.